The Balaban J connectivity index is 1.79. The maximum Gasteiger partial charge on any atom is 0.261 e. The van der Waals surface area contributed by atoms with Crippen molar-refractivity contribution in [2.45, 2.75) is 6.42 Å². The summed E-state index contributed by atoms with van der Waals surface area (Å²) in [6.07, 6.45) is 0.408. The molecule has 2 aromatic carbocycles. The van der Waals surface area contributed by atoms with Crippen LogP contribution in [0.15, 0.2) is 36.4 Å². The molecule has 0 saturated heterocycles. The molecule has 1 aliphatic rings. The van der Waals surface area contributed by atoms with Crippen LogP contribution >= 0.6 is 23.2 Å². The number of benzene rings is 2. The largest absolute Gasteiger partial charge is 0.505 e. The third-order valence-corrected chi connectivity index (χ3v) is 4.16. The van der Waals surface area contributed by atoms with Crippen LogP contribution in [-0.2, 0) is 6.42 Å². The zero-order valence-corrected chi connectivity index (χ0v) is 12.9. The van der Waals surface area contributed by atoms with E-state index in [1.54, 1.807) is 36.4 Å². The van der Waals surface area contributed by atoms with E-state index in [-0.39, 0.29) is 34.2 Å². The maximum absolute atomic E-state index is 12.2. The molecule has 3 rings (SSSR count). The monoisotopic (exact) mass is 335 g/mol. The van der Waals surface area contributed by atoms with Crippen LogP contribution in [0, 0.1) is 0 Å². The fourth-order valence-corrected chi connectivity index (χ4v) is 2.98. The summed E-state index contributed by atoms with van der Waals surface area (Å²) in [4.78, 5) is 25.7. The van der Waals surface area contributed by atoms with Crippen molar-refractivity contribution >= 4 is 35.0 Å². The van der Waals surface area contributed by atoms with Crippen molar-refractivity contribution in [2.24, 2.45) is 0 Å². The summed E-state index contributed by atoms with van der Waals surface area (Å²) in [5.41, 5.74) is 1.59. The smallest absolute Gasteiger partial charge is 0.261 e. The van der Waals surface area contributed by atoms with Gasteiger partial charge in [0.15, 0.2) is 5.75 Å². The predicted molar refractivity (Wildman–Crippen MR) is 83.6 cm³/mol. The lowest BCUT2D eigenvalue weighted by Crippen LogP contribution is -2.31. The van der Waals surface area contributed by atoms with E-state index in [1.165, 1.54) is 4.90 Å². The molecular weight excluding hydrogens is 325 g/mol. The Labute approximate surface area is 136 Å². The lowest BCUT2D eigenvalue weighted by molar-refractivity contribution is 0.0656. The van der Waals surface area contributed by atoms with Crippen molar-refractivity contribution in [3.63, 3.8) is 0 Å². The summed E-state index contributed by atoms with van der Waals surface area (Å²) >= 11 is 11.7. The van der Waals surface area contributed by atoms with Gasteiger partial charge in [0.05, 0.1) is 21.2 Å². The highest BCUT2D eigenvalue weighted by atomic mass is 35.5. The normalized spacial score (nSPS) is 13.6. The minimum Gasteiger partial charge on any atom is -0.505 e. The van der Waals surface area contributed by atoms with Gasteiger partial charge in [0.1, 0.15) is 0 Å². The first-order valence-electron chi connectivity index (χ1n) is 6.61. The van der Waals surface area contributed by atoms with Crippen LogP contribution in [0.3, 0.4) is 0 Å². The van der Waals surface area contributed by atoms with Crippen LogP contribution in [0.2, 0.25) is 10.0 Å². The van der Waals surface area contributed by atoms with Gasteiger partial charge < -0.3 is 5.11 Å². The minimum absolute atomic E-state index is 0.143. The molecule has 2 amide bonds. The van der Waals surface area contributed by atoms with Gasteiger partial charge in [-0.15, -0.1) is 0 Å². The van der Waals surface area contributed by atoms with Gasteiger partial charge in [-0.1, -0.05) is 35.3 Å². The standard InChI is InChI=1S/C16H11Cl2NO3/c17-12-7-9(8-13(18)14(12)20)5-6-19-15(21)10-3-1-2-4-11(10)16(19)22/h1-4,7-8,20H,5-6H2. The molecule has 2 aromatic rings. The lowest BCUT2D eigenvalue weighted by Gasteiger charge is -2.14. The van der Waals surface area contributed by atoms with E-state index in [1.807, 2.05) is 0 Å². The minimum atomic E-state index is -0.295. The van der Waals surface area contributed by atoms with Crippen molar-refractivity contribution < 1.29 is 14.7 Å². The number of imide groups is 1. The van der Waals surface area contributed by atoms with Crippen LogP contribution < -0.4 is 0 Å². The molecule has 1 heterocycles. The Kier molecular flexibility index (Phi) is 3.81. The number of hydrogen-bond acceptors (Lipinski definition) is 3. The van der Waals surface area contributed by atoms with Crippen LogP contribution in [-0.4, -0.2) is 28.4 Å². The van der Waals surface area contributed by atoms with Crippen molar-refractivity contribution in [1.29, 1.82) is 0 Å². The quantitative estimate of drug-likeness (QED) is 0.873. The molecule has 1 aliphatic heterocycles. The number of nitrogens with zero attached hydrogens (tertiary/aromatic N) is 1. The molecule has 0 atom stereocenters. The van der Waals surface area contributed by atoms with Gasteiger partial charge in [0.25, 0.3) is 11.8 Å². The summed E-state index contributed by atoms with van der Waals surface area (Å²) in [5.74, 6) is -0.763. The molecule has 0 unspecified atom stereocenters. The zero-order chi connectivity index (χ0) is 15.9. The zero-order valence-electron chi connectivity index (χ0n) is 11.3. The average molecular weight is 336 g/mol. The average Bonchev–Trinajstić information content (AvgIpc) is 2.75. The third-order valence-electron chi connectivity index (χ3n) is 3.58. The highest BCUT2D eigenvalue weighted by molar-refractivity contribution is 6.37. The Morgan fingerprint density at radius 1 is 0.955 bits per heavy atom. The second-order valence-electron chi connectivity index (χ2n) is 4.97. The Bertz CT molecular complexity index is 731. The summed E-state index contributed by atoms with van der Waals surface area (Å²) < 4.78 is 0. The number of phenols is 1. The van der Waals surface area contributed by atoms with E-state index in [4.69, 9.17) is 23.2 Å². The molecule has 0 spiro atoms. The van der Waals surface area contributed by atoms with Crippen LogP contribution in [0.4, 0.5) is 0 Å². The van der Waals surface area contributed by atoms with E-state index in [0.29, 0.717) is 17.5 Å². The summed E-state index contributed by atoms with van der Waals surface area (Å²) in [6, 6.07) is 9.88. The number of phenolic OH excluding ortho intramolecular Hbond substituents is 1. The lowest BCUT2D eigenvalue weighted by atomic mass is 10.1. The van der Waals surface area contributed by atoms with Crippen molar-refractivity contribution in [3.05, 3.63) is 63.1 Å². The number of amides is 2. The molecule has 0 saturated carbocycles. The number of rotatable bonds is 3. The topological polar surface area (TPSA) is 57.6 Å². The van der Waals surface area contributed by atoms with E-state index in [9.17, 15) is 14.7 Å². The molecule has 0 aromatic heterocycles. The number of aromatic hydroxyl groups is 1. The van der Waals surface area contributed by atoms with Gasteiger partial charge in [-0.3, -0.25) is 14.5 Å². The fraction of sp³-hybridized carbons (Fsp3) is 0.125. The molecule has 22 heavy (non-hydrogen) atoms. The molecule has 6 heteroatoms. The van der Waals surface area contributed by atoms with Gasteiger partial charge in [-0.05, 0) is 36.2 Å². The van der Waals surface area contributed by atoms with Gasteiger partial charge in [0, 0.05) is 6.54 Å². The molecule has 4 nitrogen and oxygen atoms in total. The van der Waals surface area contributed by atoms with E-state index < -0.39 is 0 Å². The molecule has 0 radical (unpaired) electrons. The van der Waals surface area contributed by atoms with Gasteiger partial charge >= 0.3 is 0 Å². The molecule has 112 valence electrons. The highest BCUT2D eigenvalue weighted by Gasteiger charge is 2.34. The SMILES string of the molecule is O=C1c2ccccc2C(=O)N1CCc1cc(Cl)c(O)c(Cl)c1. The molecule has 1 N–H and O–H groups in total. The Hall–Kier alpha value is -2.04. The van der Waals surface area contributed by atoms with Gasteiger partial charge in [-0.2, -0.15) is 0 Å². The Morgan fingerprint density at radius 2 is 1.45 bits per heavy atom. The highest BCUT2D eigenvalue weighted by Crippen LogP contribution is 2.33. The van der Waals surface area contributed by atoms with Gasteiger partial charge in [0.2, 0.25) is 0 Å². The van der Waals surface area contributed by atoms with Crippen molar-refractivity contribution in [3.8, 4) is 5.75 Å². The van der Waals surface area contributed by atoms with E-state index in [0.717, 1.165) is 5.56 Å². The second kappa shape index (κ2) is 5.63. The molecule has 0 fully saturated rings. The number of halogens is 2. The number of hydrogen-bond donors (Lipinski definition) is 1. The summed E-state index contributed by atoms with van der Waals surface area (Å²) in [5, 5.41) is 9.82. The Morgan fingerprint density at radius 3 is 1.95 bits per heavy atom. The van der Waals surface area contributed by atoms with Crippen molar-refractivity contribution in [1.82, 2.24) is 4.90 Å². The molecular formula is C16H11Cl2NO3. The van der Waals surface area contributed by atoms with Crippen molar-refractivity contribution in [2.75, 3.05) is 6.54 Å². The van der Waals surface area contributed by atoms with E-state index in [2.05, 4.69) is 0 Å². The maximum atomic E-state index is 12.2. The second-order valence-corrected chi connectivity index (χ2v) is 5.78. The summed E-state index contributed by atoms with van der Waals surface area (Å²) in [6.45, 7) is 0.226. The molecule has 0 aliphatic carbocycles. The first kappa shape index (κ1) is 14.9. The van der Waals surface area contributed by atoms with Crippen LogP contribution in [0.1, 0.15) is 26.3 Å². The van der Waals surface area contributed by atoms with Gasteiger partial charge in [-0.25, -0.2) is 0 Å². The first-order valence-corrected chi connectivity index (χ1v) is 7.36. The summed E-state index contributed by atoms with van der Waals surface area (Å²) in [7, 11) is 0. The number of fused-ring (bicyclic) bond motifs is 1. The first-order chi connectivity index (χ1) is 10.5. The fourth-order valence-electron chi connectivity index (χ4n) is 2.45. The van der Waals surface area contributed by atoms with Crippen LogP contribution in [0.25, 0.3) is 0 Å². The number of carbonyl (C=O) groups excluding carboxylic acids is 2. The van der Waals surface area contributed by atoms with Crippen LogP contribution in [0.5, 0.6) is 5.75 Å². The predicted octanol–water partition coefficient (Wildman–Crippen LogP) is 3.54. The molecule has 0 bridgehead atoms. The number of carbonyl (C=O) groups is 2. The third kappa shape index (κ3) is 2.45. The van der Waals surface area contributed by atoms with E-state index >= 15 is 0 Å².